The minimum atomic E-state index is 0.268. The van der Waals surface area contributed by atoms with Gasteiger partial charge >= 0.3 is 0 Å². The molecule has 0 aliphatic carbocycles. The van der Waals surface area contributed by atoms with E-state index in [0.717, 1.165) is 24.6 Å². The van der Waals surface area contributed by atoms with Gasteiger partial charge in [0.2, 0.25) is 0 Å². The van der Waals surface area contributed by atoms with E-state index >= 15 is 0 Å². The van der Waals surface area contributed by atoms with Crippen LogP contribution in [0.2, 0.25) is 0 Å². The maximum Gasteiger partial charge on any atom is 0.128 e. The summed E-state index contributed by atoms with van der Waals surface area (Å²) in [7, 11) is 0. The molecule has 1 aromatic heterocycles. The highest BCUT2D eigenvalue weighted by molar-refractivity contribution is 5.49. The molecule has 0 spiro atoms. The van der Waals surface area contributed by atoms with E-state index in [-0.39, 0.29) is 12.2 Å². The van der Waals surface area contributed by atoms with Crippen molar-refractivity contribution in [2.75, 3.05) is 23.3 Å². The summed E-state index contributed by atoms with van der Waals surface area (Å²) < 4.78 is 5.73. The molecule has 2 rings (SSSR count). The van der Waals surface area contributed by atoms with Gasteiger partial charge in [0.1, 0.15) is 5.82 Å². The zero-order chi connectivity index (χ0) is 13.1. The normalized spacial score (nSPS) is 24.4. The molecule has 100 valence electrons. The molecule has 1 aliphatic rings. The summed E-state index contributed by atoms with van der Waals surface area (Å²) in [6.45, 7) is 10.3. The first-order valence-electron chi connectivity index (χ1n) is 6.67. The standard InChI is InChI=1S/C14H23N3O/c1-10(2)16-13-5-6-14(15-7-13)17-8-11(3)18-12(4)9-17/h5-7,10-12,16H,8-9H2,1-4H3/t11-,12+. The Morgan fingerprint density at radius 3 is 2.44 bits per heavy atom. The Kier molecular flexibility index (Phi) is 4.07. The summed E-state index contributed by atoms with van der Waals surface area (Å²) in [5.41, 5.74) is 1.07. The lowest BCUT2D eigenvalue weighted by Gasteiger charge is -2.36. The van der Waals surface area contributed by atoms with E-state index in [4.69, 9.17) is 4.74 Å². The molecule has 0 unspecified atom stereocenters. The third-order valence-corrected chi connectivity index (χ3v) is 2.95. The van der Waals surface area contributed by atoms with Crippen molar-refractivity contribution in [3.8, 4) is 0 Å². The molecule has 0 aromatic carbocycles. The van der Waals surface area contributed by atoms with Gasteiger partial charge in [-0.1, -0.05) is 0 Å². The molecule has 4 heteroatoms. The molecule has 2 heterocycles. The van der Waals surface area contributed by atoms with Crippen LogP contribution < -0.4 is 10.2 Å². The van der Waals surface area contributed by atoms with Crippen molar-refractivity contribution in [2.45, 2.75) is 45.9 Å². The van der Waals surface area contributed by atoms with Gasteiger partial charge in [-0.25, -0.2) is 4.98 Å². The molecule has 1 aliphatic heterocycles. The molecule has 0 bridgehead atoms. The fraction of sp³-hybridized carbons (Fsp3) is 0.643. The first kappa shape index (κ1) is 13.1. The maximum absolute atomic E-state index is 5.73. The van der Waals surface area contributed by atoms with Crippen molar-refractivity contribution < 1.29 is 4.74 Å². The van der Waals surface area contributed by atoms with Crippen LogP contribution in [0.5, 0.6) is 0 Å². The number of pyridine rings is 1. The minimum Gasteiger partial charge on any atom is -0.382 e. The van der Waals surface area contributed by atoms with Gasteiger partial charge in [0.25, 0.3) is 0 Å². The quantitative estimate of drug-likeness (QED) is 0.893. The lowest BCUT2D eigenvalue weighted by molar-refractivity contribution is -0.00545. The van der Waals surface area contributed by atoms with Crippen LogP contribution in [0, 0.1) is 0 Å². The highest BCUT2D eigenvalue weighted by Crippen LogP contribution is 2.19. The number of nitrogens with zero attached hydrogens (tertiary/aromatic N) is 2. The molecule has 2 atom stereocenters. The largest absolute Gasteiger partial charge is 0.382 e. The number of hydrogen-bond donors (Lipinski definition) is 1. The van der Waals surface area contributed by atoms with Crippen molar-refractivity contribution in [3.63, 3.8) is 0 Å². The van der Waals surface area contributed by atoms with Crippen LogP contribution in [0.25, 0.3) is 0 Å². The first-order chi connectivity index (χ1) is 8.54. The fourth-order valence-electron chi connectivity index (χ4n) is 2.36. The third-order valence-electron chi connectivity index (χ3n) is 2.95. The van der Waals surface area contributed by atoms with Crippen molar-refractivity contribution in [1.29, 1.82) is 0 Å². The Labute approximate surface area is 109 Å². The number of nitrogens with one attached hydrogen (secondary N) is 1. The molecular weight excluding hydrogens is 226 g/mol. The second-order valence-corrected chi connectivity index (χ2v) is 5.37. The van der Waals surface area contributed by atoms with Gasteiger partial charge in [0.05, 0.1) is 24.1 Å². The molecule has 0 radical (unpaired) electrons. The van der Waals surface area contributed by atoms with Gasteiger partial charge in [-0.3, -0.25) is 0 Å². The molecule has 18 heavy (non-hydrogen) atoms. The molecule has 4 nitrogen and oxygen atoms in total. The predicted molar refractivity (Wildman–Crippen MR) is 75.2 cm³/mol. The average molecular weight is 249 g/mol. The van der Waals surface area contributed by atoms with E-state index in [1.54, 1.807) is 0 Å². The highest BCUT2D eigenvalue weighted by atomic mass is 16.5. The lowest BCUT2D eigenvalue weighted by atomic mass is 10.2. The number of aromatic nitrogens is 1. The fourth-order valence-corrected chi connectivity index (χ4v) is 2.36. The molecule has 1 saturated heterocycles. The molecule has 1 N–H and O–H groups in total. The van der Waals surface area contributed by atoms with E-state index in [9.17, 15) is 0 Å². The van der Waals surface area contributed by atoms with E-state index in [1.165, 1.54) is 0 Å². The van der Waals surface area contributed by atoms with E-state index < -0.39 is 0 Å². The zero-order valence-electron chi connectivity index (χ0n) is 11.7. The van der Waals surface area contributed by atoms with Crippen molar-refractivity contribution in [1.82, 2.24) is 4.98 Å². The number of ether oxygens (including phenoxy) is 1. The van der Waals surface area contributed by atoms with Crippen LogP contribution in [-0.2, 0) is 4.74 Å². The van der Waals surface area contributed by atoms with Crippen LogP contribution in [0.15, 0.2) is 18.3 Å². The third kappa shape index (κ3) is 3.35. The Morgan fingerprint density at radius 2 is 1.94 bits per heavy atom. The zero-order valence-corrected chi connectivity index (χ0v) is 11.7. The van der Waals surface area contributed by atoms with E-state index in [0.29, 0.717) is 6.04 Å². The Balaban J connectivity index is 2.04. The molecular formula is C14H23N3O. The van der Waals surface area contributed by atoms with Gasteiger partial charge in [0.15, 0.2) is 0 Å². The Bertz CT molecular complexity index is 367. The van der Waals surface area contributed by atoms with Crippen LogP contribution in [0.3, 0.4) is 0 Å². The number of anilines is 2. The summed E-state index contributed by atoms with van der Waals surface area (Å²) in [5.74, 6) is 1.03. The van der Waals surface area contributed by atoms with E-state index in [1.807, 2.05) is 6.20 Å². The van der Waals surface area contributed by atoms with Gasteiger partial charge in [-0.15, -0.1) is 0 Å². The predicted octanol–water partition coefficient (Wildman–Crippen LogP) is 2.52. The van der Waals surface area contributed by atoms with Gasteiger partial charge < -0.3 is 15.0 Å². The van der Waals surface area contributed by atoms with Crippen LogP contribution >= 0.6 is 0 Å². The van der Waals surface area contributed by atoms with Crippen molar-refractivity contribution in [3.05, 3.63) is 18.3 Å². The Morgan fingerprint density at radius 1 is 1.28 bits per heavy atom. The summed E-state index contributed by atoms with van der Waals surface area (Å²) in [6.07, 6.45) is 2.44. The maximum atomic E-state index is 5.73. The van der Waals surface area contributed by atoms with Crippen LogP contribution in [-0.4, -0.2) is 36.3 Å². The molecule has 0 saturated carbocycles. The van der Waals surface area contributed by atoms with Crippen molar-refractivity contribution >= 4 is 11.5 Å². The molecule has 0 amide bonds. The minimum absolute atomic E-state index is 0.268. The summed E-state index contributed by atoms with van der Waals surface area (Å²) in [6, 6.07) is 4.60. The molecule has 1 aromatic rings. The van der Waals surface area contributed by atoms with E-state index in [2.05, 4.69) is 55.0 Å². The average Bonchev–Trinajstić information content (AvgIpc) is 2.27. The topological polar surface area (TPSA) is 37.4 Å². The summed E-state index contributed by atoms with van der Waals surface area (Å²) in [4.78, 5) is 6.82. The number of hydrogen-bond acceptors (Lipinski definition) is 4. The highest BCUT2D eigenvalue weighted by Gasteiger charge is 2.22. The monoisotopic (exact) mass is 249 g/mol. The second-order valence-electron chi connectivity index (χ2n) is 5.37. The molecule has 1 fully saturated rings. The smallest absolute Gasteiger partial charge is 0.128 e. The SMILES string of the molecule is CC(C)Nc1ccc(N2C[C@@H](C)O[C@@H](C)C2)nc1. The van der Waals surface area contributed by atoms with Crippen molar-refractivity contribution in [2.24, 2.45) is 0 Å². The number of morpholine rings is 1. The van der Waals surface area contributed by atoms with Gasteiger partial charge in [-0.05, 0) is 39.8 Å². The lowest BCUT2D eigenvalue weighted by Crippen LogP contribution is -2.45. The van der Waals surface area contributed by atoms with Crippen LogP contribution in [0.1, 0.15) is 27.7 Å². The van der Waals surface area contributed by atoms with Gasteiger partial charge in [0, 0.05) is 19.1 Å². The second kappa shape index (κ2) is 5.57. The summed E-state index contributed by atoms with van der Waals surface area (Å²) in [5, 5.41) is 3.35. The van der Waals surface area contributed by atoms with Gasteiger partial charge in [-0.2, -0.15) is 0 Å². The number of rotatable bonds is 3. The first-order valence-corrected chi connectivity index (χ1v) is 6.67. The summed E-state index contributed by atoms with van der Waals surface area (Å²) >= 11 is 0. The van der Waals surface area contributed by atoms with Crippen LogP contribution in [0.4, 0.5) is 11.5 Å². The Hall–Kier alpha value is -1.29.